The molecule has 1 aliphatic rings. The molecule has 0 aromatic heterocycles. The Bertz CT molecular complexity index is 401. The predicted octanol–water partition coefficient (Wildman–Crippen LogP) is 1.93. The van der Waals surface area contributed by atoms with Crippen molar-refractivity contribution >= 4 is 5.78 Å². The fraction of sp³-hybridized carbons (Fsp3) is 0.462. The number of aryl methyl sites for hydroxylation is 1. The van der Waals surface area contributed by atoms with E-state index >= 15 is 0 Å². The second-order valence-electron chi connectivity index (χ2n) is 4.27. The van der Waals surface area contributed by atoms with Gasteiger partial charge in [0.1, 0.15) is 5.75 Å². The number of fused-ring (bicyclic) bond motifs is 1. The normalized spacial score (nSPS) is 19.5. The number of hydrogen-bond acceptors (Lipinski definition) is 3. The summed E-state index contributed by atoms with van der Waals surface area (Å²) >= 11 is 0. The van der Waals surface area contributed by atoms with E-state index in [4.69, 9.17) is 10.5 Å². The highest BCUT2D eigenvalue weighted by Gasteiger charge is 2.15. The average Bonchev–Trinajstić information content (AvgIpc) is 2.47. The van der Waals surface area contributed by atoms with Crippen LogP contribution in [0.2, 0.25) is 0 Å². The first kappa shape index (κ1) is 11.1. The number of ether oxygens (including phenoxy) is 1. The molecule has 2 N–H and O–H groups in total. The molecule has 86 valence electrons. The van der Waals surface area contributed by atoms with Crippen molar-refractivity contribution in [3.63, 3.8) is 0 Å². The molecule has 2 rings (SSSR count). The van der Waals surface area contributed by atoms with Gasteiger partial charge in [0.05, 0.1) is 12.6 Å². The number of ketones is 1. The highest BCUT2D eigenvalue weighted by atomic mass is 16.5. The van der Waals surface area contributed by atoms with Crippen molar-refractivity contribution in [2.24, 2.45) is 5.73 Å². The maximum Gasteiger partial charge on any atom is 0.176 e. The van der Waals surface area contributed by atoms with Gasteiger partial charge in [0.2, 0.25) is 0 Å². The molecule has 1 aromatic rings. The minimum atomic E-state index is -0.0138. The van der Waals surface area contributed by atoms with E-state index in [1.807, 2.05) is 12.1 Å². The maximum atomic E-state index is 11.5. The van der Waals surface area contributed by atoms with Crippen molar-refractivity contribution in [3.05, 3.63) is 29.3 Å². The topological polar surface area (TPSA) is 52.3 Å². The SMILES string of the molecule is CC1CCCc2cc(C(=O)CN)ccc2O1. The third-order valence-corrected chi connectivity index (χ3v) is 2.95. The van der Waals surface area contributed by atoms with Gasteiger partial charge in [0.15, 0.2) is 5.78 Å². The van der Waals surface area contributed by atoms with Crippen LogP contribution in [-0.2, 0) is 6.42 Å². The van der Waals surface area contributed by atoms with Crippen LogP contribution < -0.4 is 10.5 Å². The van der Waals surface area contributed by atoms with E-state index in [-0.39, 0.29) is 18.4 Å². The van der Waals surface area contributed by atoms with Gasteiger partial charge in [-0.25, -0.2) is 0 Å². The number of carbonyl (C=O) groups excluding carboxylic acids is 1. The van der Waals surface area contributed by atoms with Crippen molar-refractivity contribution in [3.8, 4) is 5.75 Å². The molecule has 1 atom stereocenters. The van der Waals surface area contributed by atoms with Crippen LogP contribution in [0.5, 0.6) is 5.75 Å². The molecule has 3 nitrogen and oxygen atoms in total. The Morgan fingerprint density at radius 2 is 2.38 bits per heavy atom. The van der Waals surface area contributed by atoms with Crippen molar-refractivity contribution in [1.82, 2.24) is 0 Å². The van der Waals surface area contributed by atoms with Gasteiger partial charge in [0.25, 0.3) is 0 Å². The van der Waals surface area contributed by atoms with E-state index in [0.717, 1.165) is 30.6 Å². The molecule has 3 heteroatoms. The zero-order chi connectivity index (χ0) is 11.5. The molecule has 0 radical (unpaired) electrons. The lowest BCUT2D eigenvalue weighted by Gasteiger charge is -2.12. The van der Waals surface area contributed by atoms with Gasteiger partial charge in [-0.2, -0.15) is 0 Å². The first-order valence-corrected chi connectivity index (χ1v) is 5.73. The smallest absolute Gasteiger partial charge is 0.176 e. The molecule has 1 aromatic carbocycles. The minimum absolute atomic E-state index is 0.0138. The van der Waals surface area contributed by atoms with Crippen LogP contribution >= 0.6 is 0 Å². The van der Waals surface area contributed by atoms with Crippen LogP contribution in [0.25, 0.3) is 0 Å². The molecule has 0 amide bonds. The number of hydrogen-bond donors (Lipinski definition) is 1. The predicted molar refractivity (Wildman–Crippen MR) is 62.9 cm³/mol. The summed E-state index contributed by atoms with van der Waals surface area (Å²) in [6, 6.07) is 5.61. The Morgan fingerprint density at radius 3 is 3.12 bits per heavy atom. The van der Waals surface area contributed by atoms with E-state index < -0.39 is 0 Å². The molecule has 0 aliphatic carbocycles. The van der Waals surface area contributed by atoms with E-state index in [1.165, 1.54) is 0 Å². The lowest BCUT2D eigenvalue weighted by atomic mass is 10.0. The van der Waals surface area contributed by atoms with E-state index in [1.54, 1.807) is 6.07 Å². The first-order chi connectivity index (χ1) is 7.70. The molecule has 1 aliphatic heterocycles. The van der Waals surface area contributed by atoms with Crippen LogP contribution in [0.4, 0.5) is 0 Å². The molecule has 0 spiro atoms. The zero-order valence-electron chi connectivity index (χ0n) is 9.53. The highest BCUT2D eigenvalue weighted by molar-refractivity contribution is 5.97. The van der Waals surface area contributed by atoms with Gasteiger partial charge in [-0.05, 0) is 49.9 Å². The molecule has 1 heterocycles. The number of nitrogens with two attached hydrogens (primary N) is 1. The standard InChI is InChI=1S/C13H17NO2/c1-9-3-2-4-11-7-10(12(15)8-14)5-6-13(11)16-9/h5-7,9H,2-4,8,14H2,1H3. The first-order valence-electron chi connectivity index (χ1n) is 5.73. The van der Waals surface area contributed by atoms with E-state index in [2.05, 4.69) is 6.92 Å². The summed E-state index contributed by atoms with van der Waals surface area (Å²) in [5.74, 6) is 0.902. The molecule has 1 unspecified atom stereocenters. The molecular formula is C13H17NO2. The van der Waals surface area contributed by atoms with Crippen LogP contribution in [0, 0.1) is 0 Å². The van der Waals surface area contributed by atoms with Gasteiger partial charge >= 0.3 is 0 Å². The summed E-state index contributed by atoms with van der Waals surface area (Å²) < 4.78 is 5.78. The molecule has 0 bridgehead atoms. The Kier molecular flexibility index (Phi) is 3.25. The Hall–Kier alpha value is -1.35. The summed E-state index contributed by atoms with van der Waals surface area (Å²) in [7, 11) is 0. The van der Waals surface area contributed by atoms with Gasteiger partial charge in [-0.15, -0.1) is 0 Å². The zero-order valence-corrected chi connectivity index (χ0v) is 9.53. The Balaban J connectivity index is 2.31. The average molecular weight is 219 g/mol. The maximum absolute atomic E-state index is 11.5. The van der Waals surface area contributed by atoms with Crippen molar-refractivity contribution in [2.75, 3.05) is 6.54 Å². The summed E-state index contributed by atoms with van der Waals surface area (Å²) in [5.41, 5.74) is 7.17. The van der Waals surface area contributed by atoms with Crippen LogP contribution in [0.3, 0.4) is 0 Å². The highest BCUT2D eigenvalue weighted by Crippen LogP contribution is 2.27. The van der Waals surface area contributed by atoms with E-state index in [9.17, 15) is 4.79 Å². The van der Waals surface area contributed by atoms with Gasteiger partial charge in [-0.3, -0.25) is 4.79 Å². The third kappa shape index (κ3) is 2.25. The minimum Gasteiger partial charge on any atom is -0.490 e. The van der Waals surface area contributed by atoms with E-state index in [0.29, 0.717) is 5.56 Å². The second-order valence-corrected chi connectivity index (χ2v) is 4.27. The van der Waals surface area contributed by atoms with Crippen LogP contribution in [-0.4, -0.2) is 18.4 Å². The number of rotatable bonds is 2. The molecule has 0 saturated carbocycles. The van der Waals surface area contributed by atoms with Crippen LogP contribution in [0.1, 0.15) is 35.7 Å². The third-order valence-electron chi connectivity index (χ3n) is 2.95. The van der Waals surface area contributed by atoms with Crippen molar-refractivity contribution in [2.45, 2.75) is 32.3 Å². The number of benzene rings is 1. The molecule has 16 heavy (non-hydrogen) atoms. The van der Waals surface area contributed by atoms with Gasteiger partial charge < -0.3 is 10.5 Å². The Morgan fingerprint density at radius 1 is 1.56 bits per heavy atom. The van der Waals surface area contributed by atoms with Crippen molar-refractivity contribution in [1.29, 1.82) is 0 Å². The van der Waals surface area contributed by atoms with Crippen LogP contribution in [0.15, 0.2) is 18.2 Å². The second kappa shape index (κ2) is 4.66. The Labute approximate surface area is 95.6 Å². The van der Waals surface area contributed by atoms with Crippen molar-refractivity contribution < 1.29 is 9.53 Å². The molecular weight excluding hydrogens is 202 g/mol. The quantitative estimate of drug-likeness (QED) is 0.773. The number of carbonyl (C=O) groups is 1. The monoisotopic (exact) mass is 219 g/mol. The lowest BCUT2D eigenvalue weighted by molar-refractivity contribution is 0.100. The lowest BCUT2D eigenvalue weighted by Crippen LogP contribution is -2.14. The van der Waals surface area contributed by atoms with Gasteiger partial charge in [0, 0.05) is 5.56 Å². The summed E-state index contributed by atoms with van der Waals surface area (Å²) in [4.78, 5) is 11.5. The van der Waals surface area contributed by atoms with Gasteiger partial charge in [-0.1, -0.05) is 0 Å². The fourth-order valence-corrected chi connectivity index (χ4v) is 2.04. The summed E-state index contributed by atoms with van der Waals surface area (Å²) in [6.07, 6.45) is 3.41. The fourth-order valence-electron chi connectivity index (χ4n) is 2.04. The molecule has 0 fully saturated rings. The summed E-state index contributed by atoms with van der Waals surface area (Å²) in [5, 5.41) is 0. The number of Topliss-reactive ketones (excluding diaryl/α,β-unsaturated/α-hetero) is 1. The summed E-state index contributed by atoms with van der Waals surface area (Å²) in [6.45, 7) is 2.14. The molecule has 0 saturated heterocycles. The largest absolute Gasteiger partial charge is 0.490 e.